The summed E-state index contributed by atoms with van der Waals surface area (Å²) in [5, 5.41) is 6.64. The Morgan fingerprint density at radius 2 is 2.28 bits per heavy atom. The van der Waals surface area contributed by atoms with Crippen molar-refractivity contribution in [3.8, 4) is 0 Å². The van der Waals surface area contributed by atoms with Crippen molar-refractivity contribution in [3.05, 3.63) is 53.0 Å². The number of nitrogens with one attached hydrogen (secondary N) is 1. The van der Waals surface area contributed by atoms with Gasteiger partial charge in [0.2, 0.25) is 0 Å². The van der Waals surface area contributed by atoms with E-state index in [4.69, 9.17) is 0 Å². The molecule has 4 heteroatoms. The summed E-state index contributed by atoms with van der Waals surface area (Å²) < 4.78 is 0. The van der Waals surface area contributed by atoms with E-state index in [9.17, 15) is 0 Å². The van der Waals surface area contributed by atoms with Gasteiger partial charge in [0.05, 0.1) is 6.54 Å². The Labute approximate surface area is 116 Å². The molecule has 0 unspecified atom stereocenters. The number of hydrogen-bond donors (Lipinski definition) is 1. The Bertz CT molecular complexity index is 520. The summed E-state index contributed by atoms with van der Waals surface area (Å²) in [5.74, 6) is 0.926. The highest BCUT2D eigenvalue weighted by atomic mass is 32.2. The third kappa shape index (κ3) is 3.62. The van der Waals surface area contributed by atoms with Crippen LogP contribution in [0.25, 0.3) is 0 Å². The van der Waals surface area contributed by atoms with Gasteiger partial charge in [-0.3, -0.25) is 0 Å². The molecule has 2 rings (SSSR count). The number of rotatable bonds is 6. The molecule has 0 radical (unpaired) electrons. The highest BCUT2D eigenvalue weighted by Crippen LogP contribution is 2.27. The maximum absolute atomic E-state index is 4.45. The van der Waals surface area contributed by atoms with E-state index in [1.165, 1.54) is 4.90 Å². The Morgan fingerprint density at radius 3 is 3.00 bits per heavy atom. The average molecular weight is 276 g/mol. The maximum Gasteiger partial charge on any atom is 0.112 e. The van der Waals surface area contributed by atoms with E-state index in [1.807, 2.05) is 19.1 Å². The molecule has 0 saturated carbocycles. The van der Waals surface area contributed by atoms with E-state index in [2.05, 4.69) is 40.5 Å². The number of thioether (sulfide) groups is 1. The first-order valence-electron chi connectivity index (χ1n) is 5.77. The molecule has 1 heterocycles. The Balaban J connectivity index is 2.01. The maximum atomic E-state index is 4.45. The van der Waals surface area contributed by atoms with Gasteiger partial charge in [0.1, 0.15) is 5.01 Å². The lowest BCUT2D eigenvalue weighted by molar-refractivity contribution is 1.07. The Kier molecular flexibility index (Phi) is 4.84. The number of aromatic nitrogens is 1. The van der Waals surface area contributed by atoms with Crippen molar-refractivity contribution in [2.24, 2.45) is 0 Å². The monoisotopic (exact) mass is 276 g/mol. The molecule has 0 bridgehead atoms. The van der Waals surface area contributed by atoms with E-state index < -0.39 is 0 Å². The van der Waals surface area contributed by atoms with Gasteiger partial charge < -0.3 is 5.32 Å². The minimum absolute atomic E-state index is 0.782. The van der Waals surface area contributed by atoms with E-state index in [0.717, 1.165) is 28.7 Å². The molecule has 0 aliphatic heterocycles. The van der Waals surface area contributed by atoms with Gasteiger partial charge in [0.25, 0.3) is 0 Å². The van der Waals surface area contributed by atoms with Crippen molar-refractivity contribution in [2.75, 3.05) is 11.1 Å². The SMILES string of the molecule is C=CCSc1ccccc1NCc1nc(C)cs1. The fraction of sp³-hybridized carbons (Fsp3) is 0.214. The molecule has 2 nitrogen and oxygen atoms in total. The number of thiazole rings is 1. The smallest absolute Gasteiger partial charge is 0.112 e. The lowest BCUT2D eigenvalue weighted by Crippen LogP contribution is -2.00. The van der Waals surface area contributed by atoms with E-state index in [0.29, 0.717) is 0 Å². The first kappa shape index (κ1) is 13.2. The van der Waals surface area contributed by atoms with Crippen molar-refractivity contribution in [1.82, 2.24) is 4.98 Å². The van der Waals surface area contributed by atoms with Gasteiger partial charge in [-0.2, -0.15) is 0 Å². The van der Waals surface area contributed by atoms with Gasteiger partial charge in [0, 0.05) is 27.4 Å². The number of para-hydroxylation sites is 1. The molecule has 94 valence electrons. The van der Waals surface area contributed by atoms with Crippen LogP contribution in [0, 0.1) is 6.92 Å². The highest BCUT2D eigenvalue weighted by molar-refractivity contribution is 7.99. The van der Waals surface area contributed by atoms with Gasteiger partial charge in [-0.25, -0.2) is 4.98 Å². The molecule has 1 N–H and O–H groups in total. The molecular weight excluding hydrogens is 260 g/mol. The zero-order valence-corrected chi connectivity index (χ0v) is 12.0. The topological polar surface area (TPSA) is 24.9 Å². The number of nitrogens with zero attached hydrogens (tertiary/aromatic N) is 1. The largest absolute Gasteiger partial charge is 0.378 e. The normalized spacial score (nSPS) is 10.3. The van der Waals surface area contributed by atoms with Crippen LogP contribution in [0.1, 0.15) is 10.7 Å². The first-order valence-corrected chi connectivity index (χ1v) is 7.63. The second kappa shape index (κ2) is 6.61. The Morgan fingerprint density at radius 1 is 1.44 bits per heavy atom. The summed E-state index contributed by atoms with van der Waals surface area (Å²) in [6.45, 7) is 6.56. The molecule has 0 aliphatic carbocycles. The van der Waals surface area contributed by atoms with Crippen molar-refractivity contribution in [1.29, 1.82) is 0 Å². The molecule has 1 aromatic heterocycles. The molecule has 1 aromatic carbocycles. The molecule has 0 aliphatic rings. The number of anilines is 1. The molecule has 0 fully saturated rings. The third-order valence-electron chi connectivity index (χ3n) is 2.34. The summed E-state index contributed by atoms with van der Waals surface area (Å²) in [5.41, 5.74) is 2.25. The van der Waals surface area contributed by atoms with Crippen LogP contribution in [-0.4, -0.2) is 10.7 Å². The number of aryl methyl sites for hydroxylation is 1. The van der Waals surface area contributed by atoms with Crippen LogP contribution in [0.2, 0.25) is 0 Å². The average Bonchev–Trinajstić information content (AvgIpc) is 2.81. The minimum Gasteiger partial charge on any atom is -0.378 e. The lowest BCUT2D eigenvalue weighted by Gasteiger charge is -2.09. The minimum atomic E-state index is 0.782. The van der Waals surface area contributed by atoms with Crippen LogP contribution in [0.3, 0.4) is 0 Å². The molecule has 2 aromatic rings. The fourth-order valence-electron chi connectivity index (χ4n) is 1.54. The van der Waals surface area contributed by atoms with Crippen LogP contribution in [0.4, 0.5) is 5.69 Å². The molecule has 0 saturated heterocycles. The van der Waals surface area contributed by atoms with E-state index >= 15 is 0 Å². The van der Waals surface area contributed by atoms with Gasteiger partial charge in [-0.05, 0) is 19.1 Å². The molecular formula is C14H16N2S2. The van der Waals surface area contributed by atoms with Crippen LogP contribution < -0.4 is 5.32 Å². The highest BCUT2D eigenvalue weighted by Gasteiger charge is 2.03. The summed E-state index contributed by atoms with van der Waals surface area (Å²) in [6.07, 6.45) is 1.92. The van der Waals surface area contributed by atoms with E-state index in [1.54, 1.807) is 23.1 Å². The van der Waals surface area contributed by atoms with Crippen molar-refractivity contribution in [3.63, 3.8) is 0 Å². The number of hydrogen-bond acceptors (Lipinski definition) is 4. The van der Waals surface area contributed by atoms with Crippen molar-refractivity contribution >= 4 is 28.8 Å². The van der Waals surface area contributed by atoms with Gasteiger partial charge in [0.15, 0.2) is 0 Å². The predicted octanol–water partition coefficient (Wildman–Crippen LogP) is 4.34. The fourth-order valence-corrected chi connectivity index (χ4v) is 3.02. The quantitative estimate of drug-likeness (QED) is 0.627. The number of benzene rings is 1. The van der Waals surface area contributed by atoms with Crippen LogP contribution in [0.15, 0.2) is 47.2 Å². The first-order chi connectivity index (χ1) is 8.79. The molecule has 0 amide bonds. The van der Waals surface area contributed by atoms with Gasteiger partial charge in [-0.15, -0.1) is 29.7 Å². The van der Waals surface area contributed by atoms with Gasteiger partial charge >= 0.3 is 0 Å². The predicted molar refractivity (Wildman–Crippen MR) is 81.5 cm³/mol. The molecule has 0 spiro atoms. The molecule has 0 atom stereocenters. The van der Waals surface area contributed by atoms with E-state index in [-0.39, 0.29) is 0 Å². The Hall–Kier alpha value is -1.26. The third-order valence-corrected chi connectivity index (χ3v) is 4.38. The summed E-state index contributed by atoms with van der Waals surface area (Å²) >= 11 is 3.49. The van der Waals surface area contributed by atoms with Crippen LogP contribution in [0.5, 0.6) is 0 Å². The van der Waals surface area contributed by atoms with Crippen molar-refractivity contribution in [2.45, 2.75) is 18.4 Å². The second-order valence-corrected chi connectivity index (χ2v) is 5.84. The standard InChI is InChI=1S/C14H16N2S2/c1-3-8-17-13-7-5-4-6-12(13)15-9-14-16-11(2)10-18-14/h3-7,10,15H,1,8-9H2,2H3. The zero-order chi connectivity index (χ0) is 12.8. The van der Waals surface area contributed by atoms with Crippen LogP contribution in [-0.2, 0) is 6.54 Å². The zero-order valence-electron chi connectivity index (χ0n) is 10.3. The molecule has 18 heavy (non-hydrogen) atoms. The lowest BCUT2D eigenvalue weighted by atomic mass is 10.3. The van der Waals surface area contributed by atoms with Crippen molar-refractivity contribution < 1.29 is 0 Å². The summed E-state index contributed by atoms with van der Waals surface area (Å²) in [4.78, 5) is 5.71. The second-order valence-electron chi connectivity index (χ2n) is 3.83. The van der Waals surface area contributed by atoms with Crippen LogP contribution >= 0.6 is 23.1 Å². The summed E-state index contributed by atoms with van der Waals surface area (Å²) in [7, 11) is 0. The van der Waals surface area contributed by atoms with Gasteiger partial charge in [-0.1, -0.05) is 18.2 Å². The summed E-state index contributed by atoms with van der Waals surface area (Å²) in [6, 6.07) is 8.34.